The van der Waals surface area contributed by atoms with Gasteiger partial charge in [0.25, 0.3) is 0 Å². The average Bonchev–Trinajstić information content (AvgIpc) is 2.68. The summed E-state index contributed by atoms with van der Waals surface area (Å²) in [6.45, 7) is 1.09. The lowest BCUT2D eigenvalue weighted by molar-refractivity contribution is 0.0981. The second-order valence-electron chi connectivity index (χ2n) is 6.06. The van der Waals surface area contributed by atoms with Crippen LogP contribution in [0.5, 0.6) is 0 Å². The quantitative estimate of drug-likeness (QED) is 0.848. The molecule has 4 nitrogen and oxygen atoms in total. The van der Waals surface area contributed by atoms with Crippen molar-refractivity contribution in [3.05, 3.63) is 35.4 Å². The predicted octanol–water partition coefficient (Wildman–Crippen LogP) is 1.99. The normalized spacial score (nSPS) is 27.9. The zero-order valence-electron chi connectivity index (χ0n) is 12.2. The van der Waals surface area contributed by atoms with Crippen molar-refractivity contribution in [1.82, 2.24) is 0 Å². The van der Waals surface area contributed by atoms with Gasteiger partial charge in [0, 0.05) is 19.3 Å². The van der Waals surface area contributed by atoms with E-state index in [4.69, 9.17) is 10.5 Å². The molecule has 0 bridgehead atoms. The van der Waals surface area contributed by atoms with Gasteiger partial charge < -0.3 is 10.5 Å². The molecule has 0 amide bonds. The summed E-state index contributed by atoms with van der Waals surface area (Å²) in [5.41, 5.74) is 8.59. The molecule has 1 aliphatic carbocycles. The van der Waals surface area contributed by atoms with E-state index in [1.54, 1.807) is 0 Å². The number of rotatable bonds is 2. The molecule has 0 saturated carbocycles. The summed E-state index contributed by atoms with van der Waals surface area (Å²) in [4.78, 5) is 0. The molecule has 1 fully saturated rings. The highest BCUT2D eigenvalue weighted by Crippen LogP contribution is 2.34. The van der Waals surface area contributed by atoms with Crippen LogP contribution in [0, 0.1) is 0 Å². The molecule has 116 valence electrons. The van der Waals surface area contributed by atoms with Crippen molar-refractivity contribution >= 4 is 9.84 Å². The number of fused-ring (bicyclic) bond motifs is 1. The van der Waals surface area contributed by atoms with Crippen molar-refractivity contribution in [1.29, 1.82) is 0 Å². The molecule has 1 saturated heterocycles. The first-order valence-electron chi connectivity index (χ1n) is 7.74. The summed E-state index contributed by atoms with van der Waals surface area (Å²) in [5, 5.41) is -0.739. The van der Waals surface area contributed by atoms with Crippen LogP contribution in [0.1, 0.15) is 42.9 Å². The van der Waals surface area contributed by atoms with Crippen LogP contribution in [0.4, 0.5) is 0 Å². The van der Waals surface area contributed by atoms with E-state index < -0.39 is 21.1 Å². The summed E-state index contributed by atoms with van der Waals surface area (Å²) in [7, 11) is -3.21. The van der Waals surface area contributed by atoms with Gasteiger partial charge in [-0.1, -0.05) is 24.3 Å². The molecule has 1 heterocycles. The summed E-state index contributed by atoms with van der Waals surface area (Å²) >= 11 is 0. The van der Waals surface area contributed by atoms with E-state index in [9.17, 15) is 8.42 Å². The monoisotopic (exact) mass is 309 g/mol. The van der Waals surface area contributed by atoms with Gasteiger partial charge in [-0.15, -0.1) is 0 Å². The third-order valence-electron chi connectivity index (χ3n) is 4.80. The Kier molecular flexibility index (Phi) is 4.33. The van der Waals surface area contributed by atoms with Crippen molar-refractivity contribution in [2.75, 3.05) is 13.2 Å². The van der Waals surface area contributed by atoms with Crippen LogP contribution in [0.25, 0.3) is 0 Å². The zero-order valence-corrected chi connectivity index (χ0v) is 13.0. The molecule has 21 heavy (non-hydrogen) atoms. The molecule has 0 spiro atoms. The maximum absolute atomic E-state index is 13.0. The number of nitrogens with two attached hydrogens (primary N) is 1. The maximum Gasteiger partial charge on any atom is 0.158 e. The van der Waals surface area contributed by atoms with Gasteiger partial charge in [-0.05, 0) is 43.2 Å². The number of ether oxygens (including phenoxy) is 1. The van der Waals surface area contributed by atoms with Crippen LogP contribution in [0.3, 0.4) is 0 Å². The Morgan fingerprint density at radius 2 is 1.81 bits per heavy atom. The van der Waals surface area contributed by atoms with E-state index in [-0.39, 0.29) is 5.25 Å². The van der Waals surface area contributed by atoms with Crippen molar-refractivity contribution in [3.63, 3.8) is 0 Å². The highest BCUT2D eigenvalue weighted by Gasteiger charge is 2.40. The highest BCUT2D eigenvalue weighted by molar-refractivity contribution is 7.92. The van der Waals surface area contributed by atoms with Crippen molar-refractivity contribution < 1.29 is 13.2 Å². The van der Waals surface area contributed by atoms with Gasteiger partial charge in [-0.2, -0.15) is 0 Å². The lowest BCUT2D eigenvalue weighted by atomic mass is 10.00. The standard InChI is InChI=1S/C16H23NO3S/c17-16-14-6-2-1-4-12(14)5-3-7-15(16)21(18,19)13-8-10-20-11-9-13/h1-2,4,6,13,15-16H,3,5,7-11,17H2. The van der Waals surface area contributed by atoms with Crippen LogP contribution in [0.15, 0.2) is 24.3 Å². The molecule has 0 aromatic heterocycles. The summed E-state index contributed by atoms with van der Waals surface area (Å²) in [5.74, 6) is 0. The second kappa shape index (κ2) is 6.07. The number of benzene rings is 1. The molecule has 1 aromatic carbocycles. The number of hydrogen-bond donors (Lipinski definition) is 1. The number of hydrogen-bond acceptors (Lipinski definition) is 4. The van der Waals surface area contributed by atoms with Gasteiger partial charge in [-0.25, -0.2) is 8.42 Å². The minimum absolute atomic E-state index is 0.285. The largest absolute Gasteiger partial charge is 0.381 e. The maximum atomic E-state index is 13.0. The molecule has 5 heteroatoms. The van der Waals surface area contributed by atoms with Crippen LogP contribution < -0.4 is 5.73 Å². The van der Waals surface area contributed by atoms with E-state index in [0.717, 1.165) is 18.4 Å². The fraction of sp³-hybridized carbons (Fsp3) is 0.625. The second-order valence-corrected chi connectivity index (χ2v) is 8.51. The highest BCUT2D eigenvalue weighted by atomic mass is 32.2. The Morgan fingerprint density at radius 1 is 1.10 bits per heavy atom. The first-order valence-corrected chi connectivity index (χ1v) is 9.35. The van der Waals surface area contributed by atoms with E-state index in [1.807, 2.05) is 18.2 Å². The van der Waals surface area contributed by atoms with Gasteiger partial charge in [0.2, 0.25) is 0 Å². The van der Waals surface area contributed by atoms with Gasteiger partial charge in [-0.3, -0.25) is 0 Å². The van der Waals surface area contributed by atoms with Crippen LogP contribution in [0.2, 0.25) is 0 Å². The Bertz CT molecular complexity index is 593. The molecule has 2 N–H and O–H groups in total. The van der Waals surface area contributed by atoms with E-state index in [0.29, 0.717) is 32.5 Å². The zero-order chi connectivity index (χ0) is 14.9. The molecular weight excluding hydrogens is 286 g/mol. The Balaban J connectivity index is 1.91. The minimum atomic E-state index is -3.21. The van der Waals surface area contributed by atoms with Crippen LogP contribution in [-0.4, -0.2) is 32.1 Å². The van der Waals surface area contributed by atoms with E-state index in [2.05, 4.69) is 6.07 Å². The fourth-order valence-corrected chi connectivity index (χ4v) is 5.98. The third kappa shape index (κ3) is 2.87. The van der Waals surface area contributed by atoms with Gasteiger partial charge in [0.1, 0.15) is 0 Å². The molecule has 1 aromatic rings. The predicted molar refractivity (Wildman–Crippen MR) is 82.9 cm³/mol. The smallest absolute Gasteiger partial charge is 0.158 e. The Labute approximate surface area is 126 Å². The van der Waals surface area contributed by atoms with Crippen molar-refractivity contribution in [2.45, 2.75) is 48.6 Å². The molecule has 2 atom stereocenters. The minimum Gasteiger partial charge on any atom is -0.381 e. The van der Waals surface area contributed by atoms with E-state index >= 15 is 0 Å². The topological polar surface area (TPSA) is 69.4 Å². The van der Waals surface area contributed by atoms with Gasteiger partial charge in [0.05, 0.1) is 10.5 Å². The van der Waals surface area contributed by atoms with Crippen LogP contribution >= 0.6 is 0 Å². The third-order valence-corrected chi connectivity index (χ3v) is 7.58. The van der Waals surface area contributed by atoms with Gasteiger partial charge >= 0.3 is 0 Å². The molecule has 1 aliphatic heterocycles. The number of aryl methyl sites for hydroxylation is 1. The lowest BCUT2D eigenvalue weighted by Gasteiger charge is -2.30. The fourth-order valence-electron chi connectivity index (χ4n) is 3.58. The first kappa shape index (κ1) is 15.0. The molecule has 0 radical (unpaired) electrons. The molecular formula is C16H23NO3S. The van der Waals surface area contributed by atoms with Crippen LogP contribution in [-0.2, 0) is 21.0 Å². The Morgan fingerprint density at radius 3 is 2.57 bits per heavy atom. The average molecular weight is 309 g/mol. The Hall–Kier alpha value is -0.910. The summed E-state index contributed by atoms with van der Waals surface area (Å²) < 4.78 is 31.3. The van der Waals surface area contributed by atoms with Crippen molar-refractivity contribution in [3.8, 4) is 0 Å². The lowest BCUT2D eigenvalue weighted by Crippen LogP contribution is -2.41. The van der Waals surface area contributed by atoms with Crippen molar-refractivity contribution in [2.24, 2.45) is 5.73 Å². The molecule has 2 aliphatic rings. The van der Waals surface area contributed by atoms with E-state index in [1.165, 1.54) is 5.56 Å². The summed E-state index contributed by atoms with van der Waals surface area (Å²) in [6, 6.07) is 7.59. The SMILES string of the molecule is NC1c2ccccc2CCCC1S(=O)(=O)C1CCOCC1. The summed E-state index contributed by atoms with van der Waals surface area (Å²) in [6.07, 6.45) is 3.68. The number of sulfone groups is 1. The first-order chi connectivity index (χ1) is 10.1. The van der Waals surface area contributed by atoms with Gasteiger partial charge in [0.15, 0.2) is 9.84 Å². The molecule has 3 rings (SSSR count). The molecule has 2 unspecified atom stereocenters.